The van der Waals surface area contributed by atoms with Crippen molar-refractivity contribution in [2.45, 2.75) is 51.6 Å². The molecule has 1 aliphatic heterocycles. The second-order valence-electron chi connectivity index (χ2n) is 7.75. The lowest BCUT2D eigenvalue weighted by Gasteiger charge is -2.17. The average Bonchev–Trinajstić information content (AvgIpc) is 2.71. The van der Waals surface area contributed by atoms with Crippen LogP contribution in [-0.2, 0) is 13.0 Å². The van der Waals surface area contributed by atoms with E-state index in [0.29, 0.717) is 28.6 Å². The zero-order chi connectivity index (χ0) is 21.3. The van der Waals surface area contributed by atoms with E-state index in [2.05, 4.69) is 10.3 Å². The highest BCUT2D eigenvalue weighted by Gasteiger charge is 2.17. The second-order valence-corrected chi connectivity index (χ2v) is 7.75. The lowest BCUT2D eigenvalue weighted by Crippen LogP contribution is -2.28. The molecule has 1 amide bonds. The maximum atomic E-state index is 13.5. The Kier molecular flexibility index (Phi) is 5.61. The molecule has 4 rings (SSSR count). The molecule has 1 aliphatic rings. The molecule has 2 heterocycles. The van der Waals surface area contributed by atoms with Gasteiger partial charge in [0, 0.05) is 18.5 Å². The van der Waals surface area contributed by atoms with Crippen molar-refractivity contribution in [3.05, 3.63) is 75.3 Å². The molecule has 2 aromatic carbocycles. The summed E-state index contributed by atoms with van der Waals surface area (Å²) in [4.78, 5) is 30.3. The molecule has 1 unspecified atom stereocenters. The van der Waals surface area contributed by atoms with E-state index in [4.69, 9.17) is 0 Å². The summed E-state index contributed by atoms with van der Waals surface area (Å²) in [5.41, 5.74) is 1.25. The van der Waals surface area contributed by atoms with E-state index in [0.717, 1.165) is 50.1 Å². The SMILES string of the molecule is CC(NC(=O)c1ccc2c(=O)n3c(nc2c1)CCCCCC3)c1ccc(F)c(F)c1. The lowest BCUT2D eigenvalue weighted by atomic mass is 10.1. The predicted octanol–water partition coefficient (Wildman–Crippen LogP) is 4.28. The van der Waals surface area contributed by atoms with Crippen molar-refractivity contribution < 1.29 is 13.6 Å². The first-order chi connectivity index (χ1) is 14.4. The largest absolute Gasteiger partial charge is 0.346 e. The average molecular weight is 411 g/mol. The van der Waals surface area contributed by atoms with Gasteiger partial charge in [0.05, 0.1) is 16.9 Å². The third-order valence-corrected chi connectivity index (χ3v) is 5.62. The molecular weight excluding hydrogens is 388 g/mol. The normalized spacial score (nSPS) is 15.2. The number of hydrogen-bond acceptors (Lipinski definition) is 3. The Labute approximate surface area is 172 Å². The Morgan fingerprint density at radius 3 is 2.67 bits per heavy atom. The minimum atomic E-state index is -0.958. The number of rotatable bonds is 3. The maximum absolute atomic E-state index is 13.5. The van der Waals surface area contributed by atoms with Crippen LogP contribution < -0.4 is 10.9 Å². The van der Waals surface area contributed by atoms with Gasteiger partial charge in [0.15, 0.2) is 11.6 Å². The van der Waals surface area contributed by atoms with Crippen molar-refractivity contribution in [3.63, 3.8) is 0 Å². The molecule has 7 heteroatoms. The zero-order valence-electron chi connectivity index (χ0n) is 16.8. The molecule has 1 atom stereocenters. The van der Waals surface area contributed by atoms with Crippen LogP contribution >= 0.6 is 0 Å². The summed E-state index contributed by atoms with van der Waals surface area (Å²) in [7, 11) is 0. The van der Waals surface area contributed by atoms with Gasteiger partial charge in [-0.1, -0.05) is 18.9 Å². The molecule has 3 aromatic rings. The summed E-state index contributed by atoms with van der Waals surface area (Å²) in [5.74, 6) is -1.50. The van der Waals surface area contributed by atoms with Crippen LogP contribution in [0, 0.1) is 11.6 Å². The van der Waals surface area contributed by atoms with Crippen LogP contribution in [0.3, 0.4) is 0 Å². The van der Waals surface area contributed by atoms with Gasteiger partial charge in [0.25, 0.3) is 11.5 Å². The summed E-state index contributed by atoms with van der Waals surface area (Å²) >= 11 is 0. The van der Waals surface area contributed by atoms with Gasteiger partial charge in [-0.25, -0.2) is 13.8 Å². The molecule has 0 fully saturated rings. The quantitative estimate of drug-likeness (QED) is 0.700. The molecule has 1 aromatic heterocycles. The Morgan fingerprint density at radius 1 is 1.07 bits per heavy atom. The first-order valence-corrected chi connectivity index (χ1v) is 10.2. The number of hydrogen-bond donors (Lipinski definition) is 1. The van der Waals surface area contributed by atoms with Gasteiger partial charge in [0.2, 0.25) is 0 Å². The van der Waals surface area contributed by atoms with Crippen LogP contribution in [-0.4, -0.2) is 15.5 Å². The molecule has 0 saturated heterocycles. The van der Waals surface area contributed by atoms with Crippen molar-refractivity contribution in [1.29, 1.82) is 0 Å². The van der Waals surface area contributed by atoms with Crippen LogP contribution in [0.1, 0.15) is 60.4 Å². The monoisotopic (exact) mass is 411 g/mol. The maximum Gasteiger partial charge on any atom is 0.261 e. The summed E-state index contributed by atoms with van der Waals surface area (Å²) < 4.78 is 28.4. The van der Waals surface area contributed by atoms with Gasteiger partial charge in [-0.05, 0) is 55.7 Å². The van der Waals surface area contributed by atoms with Crippen molar-refractivity contribution >= 4 is 16.8 Å². The number of nitrogens with one attached hydrogen (secondary N) is 1. The third kappa shape index (κ3) is 3.97. The molecule has 0 bridgehead atoms. The number of carbonyl (C=O) groups excluding carboxylic acids is 1. The number of benzene rings is 2. The van der Waals surface area contributed by atoms with E-state index >= 15 is 0 Å². The van der Waals surface area contributed by atoms with Gasteiger partial charge in [-0.15, -0.1) is 0 Å². The molecule has 1 N–H and O–H groups in total. The number of amides is 1. The number of nitrogens with zero attached hydrogens (tertiary/aromatic N) is 2. The molecular formula is C23H23F2N3O2. The molecule has 30 heavy (non-hydrogen) atoms. The Hall–Kier alpha value is -3.09. The van der Waals surface area contributed by atoms with E-state index < -0.39 is 17.7 Å². The molecule has 5 nitrogen and oxygen atoms in total. The fraction of sp³-hybridized carbons (Fsp3) is 0.348. The van der Waals surface area contributed by atoms with Crippen molar-refractivity contribution in [3.8, 4) is 0 Å². The van der Waals surface area contributed by atoms with Crippen LogP contribution in [0.2, 0.25) is 0 Å². The smallest absolute Gasteiger partial charge is 0.261 e. The van der Waals surface area contributed by atoms with E-state index in [-0.39, 0.29) is 11.5 Å². The summed E-state index contributed by atoms with van der Waals surface area (Å²) in [6, 6.07) is 7.86. The van der Waals surface area contributed by atoms with Gasteiger partial charge < -0.3 is 5.32 Å². The van der Waals surface area contributed by atoms with Crippen LogP contribution in [0.15, 0.2) is 41.2 Å². The van der Waals surface area contributed by atoms with E-state index in [9.17, 15) is 18.4 Å². The molecule has 0 saturated carbocycles. The summed E-state index contributed by atoms with van der Waals surface area (Å²) in [6.45, 7) is 2.37. The standard InChI is InChI=1S/C23H23F2N3O2/c1-14(15-8-10-18(24)19(25)12-15)26-22(29)16-7-9-17-20(13-16)27-21-6-4-2-3-5-11-28(21)23(17)30/h7-10,12-14H,2-6,11H2,1H3,(H,26,29). The van der Waals surface area contributed by atoms with E-state index in [1.807, 2.05) is 0 Å². The molecule has 0 radical (unpaired) electrons. The molecule has 0 aliphatic carbocycles. The number of aromatic nitrogens is 2. The number of carbonyl (C=O) groups is 1. The van der Waals surface area contributed by atoms with Gasteiger partial charge in [-0.3, -0.25) is 14.2 Å². The highest BCUT2D eigenvalue weighted by molar-refractivity contribution is 5.97. The van der Waals surface area contributed by atoms with Crippen LogP contribution in [0.4, 0.5) is 8.78 Å². The van der Waals surface area contributed by atoms with Gasteiger partial charge >= 0.3 is 0 Å². The highest BCUT2D eigenvalue weighted by atomic mass is 19.2. The lowest BCUT2D eigenvalue weighted by molar-refractivity contribution is 0.0940. The third-order valence-electron chi connectivity index (χ3n) is 5.62. The van der Waals surface area contributed by atoms with Crippen molar-refractivity contribution in [1.82, 2.24) is 14.9 Å². The highest BCUT2D eigenvalue weighted by Crippen LogP contribution is 2.19. The first kappa shape index (κ1) is 20.2. The first-order valence-electron chi connectivity index (χ1n) is 10.2. The Morgan fingerprint density at radius 2 is 1.87 bits per heavy atom. The van der Waals surface area contributed by atoms with E-state index in [1.54, 1.807) is 29.7 Å². The fourth-order valence-electron chi connectivity index (χ4n) is 3.88. The molecule has 0 spiro atoms. The van der Waals surface area contributed by atoms with E-state index in [1.165, 1.54) is 6.07 Å². The van der Waals surface area contributed by atoms with Gasteiger partial charge in [0.1, 0.15) is 5.82 Å². The van der Waals surface area contributed by atoms with Crippen molar-refractivity contribution in [2.24, 2.45) is 0 Å². The number of fused-ring (bicyclic) bond motifs is 2. The molecule has 156 valence electrons. The number of aryl methyl sites for hydroxylation is 1. The Bertz CT molecular complexity index is 1170. The second kappa shape index (κ2) is 8.34. The predicted molar refractivity (Wildman–Crippen MR) is 110 cm³/mol. The topological polar surface area (TPSA) is 64.0 Å². The summed E-state index contributed by atoms with van der Waals surface area (Å²) in [5, 5.41) is 3.27. The fourth-order valence-corrected chi connectivity index (χ4v) is 3.88. The van der Waals surface area contributed by atoms with Crippen LogP contribution in [0.25, 0.3) is 10.9 Å². The number of halogens is 2. The van der Waals surface area contributed by atoms with Crippen molar-refractivity contribution in [2.75, 3.05) is 0 Å². The Balaban J connectivity index is 1.62. The van der Waals surface area contributed by atoms with Crippen LogP contribution in [0.5, 0.6) is 0 Å². The summed E-state index contributed by atoms with van der Waals surface area (Å²) in [6.07, 6.45) is 4.93. The van der Waals surface area contributed by atoms with Gasteiger partial charge in [-0.2, -0.15) is 0 Å². The minimum Gasteiger partial charge on any atom is -0.346 e. The minimum absolute atomic E-state index is 0.0704. The zero-order valence-corrected chi connectivity index (χ0v) is 16.8.